The Hall–Kier alpha value is -5.01. The summed E-state index contributed by atoms with van der Waals surface area (Å²) in [6.07, 6.45) is 0. The summed E-state index contributed by atoms with van der Waals surface area (Å²) >= 11 is 0. The molecule has 0 saturated carbocycles. The van der Waals surface area contributed by atoms with Crippen LogP contribution in [0.25, 0.3) is 43.1 Å². The smallest absolute Gasteiger partial charge is 0.198 e. The monoisotopic (exact) mass is 612 g/mol. The van der Waals surface area contributed by atoms with Gasteiger partial charge in [0.1, 0.15) is 0 Å². The Balaban J connectivity index is 0.000000136. The van der Waals surface area contributed by atoms with Gasteiger partial charge in [-0.05, 0) is 0 Å². The fourth-order valence-electron chi connectivity index (χ4n) is 5.17. The maximum atomic E-state index is 3.95. The fourth-order valence-corrected chi connectivity index (χ4v) is 5.17. The average Bonchev–Trinajstić information content (AvgIpc) is 3.07. The Labute approximate surface area is 283 Å². The second-order valence-corrected chi connectivity index (χ2v) is 10.6. The van der Waals surface area contributed by atoms with Gasteiger partial charge in [-0.25, -0.2) is 0 Å². The first-order chi connectivity index (χ1) is 21.5. The number of hydrogen-bond acceptors (Lipinski definition) is 0. The molecule has 0 atom stereocenters. The van der Waals surface area contributed by atoms with Crippen LogP contribution in [-0.4, -0.2) is 0 Å². The summed E-state index contributed by atoms with van der Waals surface area (Å²) in [6.45, 7) is 15.8. The van der Waals surface area contributed by atoms with Crippen LogP contribution in [0, 0.1) is 27.7 Å². The van der Waals surface area contributed by atoms with Gasteiger partial charge in [0.15, 0.2) is 0 Å². The van der Waals surface area contributed by atoms with E-state index in [0.29, 0.717) is 0 Å². The van der Waals surface area contributed by atoms with E-state index < -0.39 is 0 Å². The molecule has 0 N–H and O–H groups in total. The van der Waals surface area contributed by atoms with Crippen molar-refractivity contribution < 1.29 is 21.7 Å². The van der Waals surface area contributed by atoms with Crippen molar-refractivity contribution in [2.75, 3.05) is 0 Å². The first-order valence-electron chi connectivity index (χ1n) is 14.7. The van der Waals surface area contributed by atoms with Gasteiger partial charge < -0.3 is 0 Å². The molecule has 0 aliphatic carbocycles. The molecule has 0 radical (unpaired) electrons. The Morgan fingerprint density at radius 1 is 0.222 bits per heavy atom. The normalized spacial score (nSPS) is 9.96. The molecule has 0 spiro atoms. The van der Waals surface area contributed by atoms with E-state index in [9.17, 15) is 0 Å². The number of fused-ring (bicyclic) bond motifs is 4. The van der Waals surface area contributed by atoms with Crippen molar-refractivity contribution in [1.82, 2.24) is 0 Å². The molecule has 0 fully saturated rings. The summed E-state index contributed by atoms with van der Waals surface area (Å²) in [5.41, 5.74) is 4.40. The van der Waals surface area contributed by atoms with Crippen molar-refractivity contribution in [3.05, 3.63) is 220 Å². The third-order valence-corrected chi connectivity index (χ3v) is 7.52. The maximum Gasteiger partial charge on any atom is 4.00 e. The predicted molar refractivity (Wildman–Crippen MR) is 194 cm³/mol. The van der Waals surface area contributed by atoms with E-state index in [1.165, 1.54) is 43.1 Å². The van der Waals surface area contributed by atoms with Crippen molar-refractivity contribution in [3.63, 3.8) is 0 Å². The maximum absolute atomic E-state index is 3.95. The van der Waals surface area contributed by atoms with Gasteiger partial charge >= 0.3 is 21.7 Å². The van der Waals surface area contributed by atoms with Crippen LogP contribution in [0.2, 0.25) is 0 Å². The quantitative estimate of drug-likeness (QED) is 0.118. The molecule has 0 aliphatic heterocycles. The van der Waals surface area contributed by atoms with E-state index in [2.05, 4.69) is 100 Å². The van der Waals surface area contributed by atoms with Crippen LogP contribution in [0.1, 0.15) is 22.3 Å². The molecule has 0 saturated heterocycles. The van der Waals surface area contributed by atoms with Crippen LogP contribution < -0.4 is 0 Å². The molecule has 8 rings (SSSR count). The Kier molecular flexibility index (Phi) is 11.8. The van der Waals surface area contributed by atoms with Crippen LogP contribution in [0.3, 0.4) is 0 Å². The van der Waals surface area contributed by atoms with Gasteiger partial charge in [-0.15, -0.1) is 70.1 Å². The second-order valence-electron chi connectivity index (χ2n) is 10.6. The molecule has 45 heavy (non-hydrogen) atoms. The standard InChI is InChI=1S/4C11H9.Ti/c4*1-9-5-4-7-10-6-2-3-8-11(9)10;/h4*2-8H,1H2;/q4*-1;+4. The average molecular weight is 613 g/mol. The number of hydrogen-bond donors (Lipinski definition) is 0. The van der Waals surface area contributed by atoms with Crippen molar-refractivity contribution in [1.29, 1.82) is 0 Å². The molecule has 0 nitrogen and oxygen atoms in total. The minimum Gasteiger partial charge on any atom is -0.198 e. The third kappa shape index (κ3) is 8.55. The van der Waals surface area contributed by atoms with Gasteiger partial charge in [0, 0.05) is 0 Å². The largest absolute Gasteiger partial charge is 4.00 e. The second kappa shape index (κ2) is 16.2. The van der Waals surface area contributed by atoms with Gasteiger partial charge in [-0.1, -0.05) is 119 Å². The predicted octanol–water partition coefficient (Wildman–Crippen LogP) is 12.1. The molecule has 0 aromatic heterocycles. The zero-order valence-electron chi connectivity index (χ0n) is 25.5. The van der Waals surface area contributed by atoms with Crippen LogP contribution in [0.5, 0.6) is 0 Å². The molecule has 0 heterocycles. The summed E-state index contributed by atoms with van der Waals surface area (Å²) in [5.74, 6) is 0. The zero-order valence-corrected chi connectivity index (χ0v) is 27.1. The van der Waals surface area contributed by atoms with E-state index in [-0.39, 0.29) is 21.7 Å². The Bertz CT molecular complexity index is 1790. The summed E-state index contributed by atoms with van der Waals surface area (Å²) in [4.78, 5) is 0. The van der Waals surface area contributed by atoms with Crippen molar-refractivity contribution in [2.45, 2.75) is 0 Å². The van der Waals surface area contributed by atoms with E-state index >= 15 is 0 Å². The minimum absolute atomic E-state index is 0. The van der Waals surface area contributed by atoms with Crippen LogP contribution in [0.4, 0.5) is 0 Å². The Morgan fingerprint density at radius 3 is 0.600 bits per heavy atom. The molecule has 8 aromatic carbocycles. The van der Waals surface area contributed by atoms with Gasteiger partial charge in [-0.3, -0.25) is 0 Å². The van der Waals surface area contributed by atoms with Gasteiger partial charge in [0.2, 0.25) is 0 Å². The summed E-state index contributed by atoms with van der Waals surface area (Å²) < 4.78 is 0. The van der Waals surface area contributed by atoms with Crippen LogP contribution in [0.15, 0.2) is 170 Å². The van der Waals surface area contributed by atoms with Crippen LogP contribution >= 0.6 is 0 Å². The summed E-state index contributed by atoms with van der Waals surface area (Å²) in [6, 6.07) is 57.8. The van der Waals surface area contributed by atoms with E-state index in [4.69, 9.17) is 0 Å². The molecule has 0 amide bonds. The van der Waals surface area contributed by atoms with Crippen LogP contribution in [-0.2, 0) is 21.7 Å². The van der Waals surface area contributed by atoms with Crippen molar-refractivity contribution in [3.8, 4) is 0 Å². The molecular weight excluding hydrogens is 576 g/mol. The third-order valence-electron chi connectivity index (χ3n) is 7.52. The van der Waals surface area contributed by atoms with Gasteiger partial charge in [0.05, 0.1) is 0 Å². The summed E-state index contributed by atoms with van der Waals surface area (Å²) in [7, 11) is 0. The minimum atomic E-state index is 0. The first kappa shape index (κ1) is 32.9. The van der Waals surface area contributed by atoms with Gasteiger partial charge in [0.25, 0.3) is 0 Å². The molecule has 0 unspecified atom stereocenters. The molecule has 0 bridgehead atoms. The number of rotatable bonds is 0. The molecular formula is C44H36Ti. The molecule has 8 aromatic rings. The van der Waals surface area contributed by atoms with Crippen molar-refractivity contribution in [2.24, 2.45) is 0 Å². The topological polar surface area (TPSA) is 0 Å². The fraction of sp³-hybridized carbons (Fsp3) is 0. The zero-order chi connectivity index (χ0) is 30.7. The van der Waals surface area contributed by atoms with E-state index in [0.717, 1.165) is 22.3 Å². The number of benzene rings is 8. The van der Waals surface area contributed by atoms with E-state index in [1.807, 2.05) is 97.1 Å². The Morgan fingerprint density at radius 2 is 0.400 bits per heavy atom. The van der Waals surface area contributed by atoms with Crippen molar-refractivity contribution >= 4 is 43.1 Å². The molecule has 216 valence electrons. The van der Waals surface area contributed by atoms with Gasteiger partial charge in [-0.2, -0.15) is 74.2 Å². The first-order valence-corrected chi connectivity index (χ1v) is 14.7. The molecule has 1 heteroatoms. The molecule has 0 aliphatic rings. The SMILES string of the molecule is [CH2-]c1cccc2ccccc12.[CH2-]c1cccc2ccccc12.[CH2-]c1cccc2ccccc12.[CH2-]c1cccc2ccccc12.[Ti+4]. The summed E-state index contributed by atoms with van der Waals surface area (Å²) in [5, 5.41) is 10.0. The van der Waals surface area contributed by atoms with E-state index in [1.54, 1.807) is 0 Å².